The summed E-state index contributed by atoms with van der Waals surface area (Å²) in [6.45, 7) is 3.47. The molecule has 2 N–H and O–H groups in total. The molecule has 1 aromatic carbocycles. The number of hydrogen-bond acceptors (Lipinski definition) is 5. The number of nitrogens with two attached hydrogens (primary N) is 1. The van der Waals surface area contributed by atoms with Crippen molar-refractivity contribution in [2.24, 2.45) is 16.6 Å². The molecule has 3 rings (SSSR count). The van der Waals surface area contributed by atoms with E-state index in [0.29, 0.717) is 31.3 Å². The minimum Gasteiger partial charge on any atom is -0.493 e. The van der Waals surface area contributed by atoms with E-state index in [2.05, 4.69) is 9.98 Å². The van der Waals surface area contributed by atoms with Gasteiger partial charge in [0.2, 0.25) is 6.41 Å². The van der Waals surface area contributed by atoms with Crippen molar-refractivity contribution < 1.29 is 14.3 Å². The highest BCUT2D eigenvalue weighted by Gasteiger charge is 2.32. The van der Waals surface area contributed by atoms with Crippen molar-refractivity contribution in [2.45, 2.75) is 13.0 Å². The highest BCUT2D eigenvalue weighted by Crippen LogP contribution is 2.40. The number of carbonyl (C=O) groups excluding carboxylic acids is 1. The van der Waals surface area contributed by atoms with Crippen LogP contribution in [0.4, 0.5) is 0 Å². The minimum absolute atomic E-state index is 0.0289. The molecule has 148 valence electrons. The number of carbonyl (C=O) groups is 1. The van der Waals surface area contributed by atoms with Gasteiger partial charge in [0.25, 0.3) is 0 Å². The Morgan fingerprint density at radius 2 is 2.25 bits per heavy atom. The Morgan fingerprint density at radius 1 is 1.43 bits per heavy atom. The first kappa shape index (κ1) is 20.1. The molecule has 0 radical (unpaired) electrons. The lowest BCUT2D eigenvalue weighted by molar-refractivity contribution is -0.114. The zero-order valence-corrected chi connectivity index (χ0v) is 16.6. The van der Waals surface area contributed by atoms with Crippen molar-refractivity contribution in [3.8, 4) is 16.9 Å². The zero-order valence-electron chi connectivity index (χ0n) is 15.8. The number of fused-ring (bicyclic) bond motifs is 1. The second-order valence-corrected chi connectivity index (χ2v) is 6.96. The van der Waals surface area contributed by atoms with Gasteiger partial charge in [-0.1, -0.05) is 17.7 Å². The van der Waals surface area contributed by atoms with E-state index in [0.717, 1.165) is 22.4 Å². The van der Waals surface area contributed by atoms with Crippen LogP contribution in [0.3, 0.4) is 0 Å². The Bertz CT molecular complexity index is 874. The number of rotatable bonds is 6. The van der Waals surface area contributed by atoms with Crippen molar-refractivity contribution in [3.05, 3.63) is 47.2 Å². The van der Waals surface area contributed by atoms with E-state index in [1.54, 1.807) is 19.4 Å². The molecule has 0 saturated heterocycles. The first-order chi connectivity index (χ1) is 13.5. The van der Waals surface area contributed by atoms with Crippen molar-refractivity contribution >= 4 is 24.0 Å². The number of halogens is 1. The molecule has 28 heavy (non-hydrogen) atoms. The first-order valence-corrected chi connectivity index (χ1v) is 9.38. The Morgan fingerprint density at radius 3 is 2.96 bits per heavy atom. The van der Waals surface area contributed by atoms with E-state index in [-0.39, 0.29) is 17.9 Å². The Kier molecular flexibility index (Phi) is 6.49. The van der Waals surface area contributed by atoms with E-state index in [1.165, 1.54) is 4.90 Å². The van der Waals surface area contributed by atoms with Crippen LogP contribution in [0, 0.1) is 5.92 Å². The van der Waals surface area contributed by atoms with Crippen LogP contribution < -0.4 is 10.5 Å². The lowest BCUT2D eigenvalue weighted by Crippen LogP contribution is -2.36. The van der Waals surface area contributed by atoms with Crippen LogP contribution in [0.25, 0.3) is 11.1 Å². The first-order valence-electron chi connectivity index (χ1n) is 9.00. The summed E-state index contributed by atoms with van der Waals surface area (Å²) in [6, 6.07) is 7.42. The lowest BCUT2D eigenvalue weighted by Gasteiger charge is -2.32. The number of aliphatic imine (C=N–C) groups is 1. The van der Waals surface area contributed by atoms with Crippen molar-refractivity contribution in [2.75, 3.05) is 26.9 Å². The van der Waals surface area contributed by atoms with E-state index in [1.807, 2.05) is 31.2 Å². The molecule has 0 bridgehead atoms. The van der Waals surface area contributed by atoms with Crippen LogP contribution in [0.15, 0.2) is 41.7 Å². The average molecular weight is 403 g/mol. The summed E-state index contributed by atoms with van der Waals surface area (Å²) < 4.78 is 11.5. The second-order valence-electron chi connectivity index (χ2n) is 6.52. The van der Waals surface area contributed by atoms with Gasteiger partial charge in [-0.3, -0.25) is 14.7 Å². The SMILES string of the molecule is CCOC[C@@H]1COc2ccc(-c3cncc(Cl)c3)cc2[C@@H]1N=C(N)N(C)C=O. The third-order valence-electron chi connectivity index (χ3n) is 4.59. The molecule has 0 unspecified atom stereocenters. The van der Waals surface area contributed by atoms with Crippen LogP contribution in [0.5, 0.6) is 5.75 Å². The number of benzene rings is 1. The number of nitrogens with zero attached hydrogens (tertiary/aromatic N) is 3. The van der Waals surface area contributed by atoms with E-state index in [9.17, 15) is 4.79 Å². The molecule has 0 aliphatic carbocycles. The summed E-state index contributed by atoms with van der Waals surface area (Å²) in [6.07, 6.45) is 3.97. The van der Waals surface area contributed by atoms with Gasteiger partial charge in [0, 0.05) is 43.1 Å². The fraction of sp³-hybridized carbons (Fsp3) is 0.350. The maximum absolute atomic E-state index is 11.1. The van der Waals surface area contributed by atoms with Gasteiger partial charge in [-0.25, -0.2) is 4.99 Å². The van der Waals surface area contributed by atoms with Crippen LogP contribution in [0.1, 0.15) is 18.5 Å². The van der Waals surface area contributed by atoms with E-state index >= 15 is 0 Å². The molecule has 0 saturated carbocycles. The minimum atomic E-state index is -0.301. The van der Waals surface area contributed by atoms with Gasteiger partial charge in [-0.2, -0.15) is 0 Å². The standard InChI is InChI=1S/C20H23ClN4O3/c1-3-27-10-15-11-28-18-5-4-13(14-6-16(21)9-23-8-14)7-17(18)19(15)24-20(22)25(2)12-26/h4-9,12,15,19H,3,10-11H2,1-2H3,(H2,22,24)/t15-,19-/m1/s1. The maximum atomic E-state index is 11.1. The Balaban J connectivity index is 2.04. The molecule has 7 nitrogen and oxygen atoms in total. The largest absolute Gasteiger partial charge is 0.493 e. The molecule has 1 aliphatic rings. The predicted molar refractivity (Wildman–Crippen MR) is 108 cm³/mol. The zero-order chi connectivity index (χ0) is 20.1. The van der Waals surface area contributed by atoms with Gasteiger partial charge in [-0.15, -0.1) is 0 Å². The van der Waals surface area contributed by atoms with Crippen LogP contribution in [0.2, 0.25) is 5.02 Å². The van der Waals surface area contributed by atoms with Crippen LogP contribution in [-0.2, 0) is 9.53 Å². The molecular weight excluding hydrogens is 380 g/mol. The highest BCUT2D eigenvalue weighted by molar-refractivity contribution is 6.30. The summed E-state index contributed by atoms with van der Waals surface area (Å²) in [5, 5.41) is 0.562. The number of guanidine groups is 1. The highest BCUT2D eigenvalue weighted by atomic mass is 35.5. The van der Waals surface area contributed by atoms with Crippen LogP contribution in [-0.4, -0.2) is 49.1 Å². The predicted octanol–water partition coefficient (Wildman–Crippen LogP) is 2.89. The molecule has 2 heterocycles. The number of pyridine rings is 1. The van der Waals surface area contributed by atoms with Gasteiger partial charge in [0.15, 0.2) is 5.96 Å². The van der Waals surface area contributed by atoms with Gasteiger partial charge in [-0.05, 0) is 30.7 Å². The van der Waals surface area contributed by atoms with Crippen molar-refractivity contribution in [3.63, 3.8) is 0 Å². The third kappa shape index (κ3) is 4.43. The Labute approximate surface area is 169 Å². The summed E-state index contributed by atoms with van der Waals surface area (Å²) >= 11 is 6.09. The molecular formula is C20H23ClN4O3. The lowest BCUT2D eigenvalue weighted by atomic mass is 9.89. The van der Waals surface area contributed by atoms with E-state index < -0.39 is 0 Å². The molecule has 8 heteroatoms. The average Bonchev–Trinajstić information content (AvgIpc) is 2.72. The van der Waals surface area contributed by atoms with Gasteiger partial charge in [0.1, 0.15) is 5.75 Å². The third-order valence-corrected chi connectivity index (χ3v) is 4.80. The fourth-order valence-corrected chi connectivity index (χ4v) is 3.25. The van der Waals surface area contributed by atoms with Gasteiger partial charge in [0.05, 0.1) is 24.3 Å². The molecule has 0 spiro atoms. The fourth-order valence-electron chi connectivity index (χ4n) is 3.07. The van der Waals surface area contributed by atoms with Gasteiger partial charge < -0.3 is 15.2 Å². The molecule has 1 amide bonds. The monoisotopic (exact) mass is 402 g/mol. The smallest absolute Gasteiger partial charge is 0.216 e. The maximum Gasteiger partial charge on any atom is 0.216 e. The van der Waals surface area contributed by atoms with Crippen LogP contribution >= 0.6 is 11.6 Å². The summed E-state index contributed by atoms with van der Waals surface area (Å²) in [7, 11) is 1.57. The van der Waals surface area contributed by atoms with Crippen molar-refractivity contribution in [1.82, 2.24) is 9.88 Å². The second kappa shape index (κ2) is 9.03. The number of hydrogen-bond donors (Lipinski definition) is 1. The summed E-state index contributed by atoms with van der Waals surface area (Å²) in [5.74, 6) is 0.852. The van der Waals surface area contributed by atoms with E-state index in [4.69, 9.17) is 26.8 Å². The van der Waals surface area contributed by atoms with Gasteiger partial charge >= 0.3 is 0 Å². The summed E-state index contributed by atoms with van der Waals surface area (Å²) in [4.78, 5) is 21.1. The van der Waals surface area contributed by atoms with Crippen molar-refractivity contribution in [1.29, 1.82) is 0 Å². The summed E-state index contributed by atoms with van der Waals surface area (Å²) in [5.41, 5.74) is 8.73. The molecule has 2 aromatic rings. The Hall–Kier alpha value is -2.64. The molecule has 2 atom stereocenters. The quantitative estimate of drug-likeness (QED) is 0.456. The molecule has 1 aliphatic heterocycles. The topological polar surface area (TPSA) is 90.0 Å². The number of amides is 1. The molecule has 0 fully saturated rings. The number of ether oxygens (including phenoxy) is 2. The number of aromatic nitrogens is 1. The molecule has 1 aromatic heterocycles. The normalized spacial score (nSPS) is 18.9.